The van der Waals surface area contributed by atoms with Crippen molar-refractivity contribution in [2.75, 3.05) is 7.11 Å². The highest BCUT2D eigenvalue weighted by Crippen LogP contribution is 2.13. The first-order chi connectivity index (χ1) is 7.60. The highest BCUT2D eigenvalue weighted by Gasteiger charge is 2.24. The van der Waals surface area contributed by atoms with Crippen LogP contribution in [-0.4, -0.2) is 28.8 Å². The largest absolute Gasteiger partial charge is 0.379 e. The molecule has 2 unspecified atom stereocenters. The van der Waals surface area contributed by atoms with E-state index in [1.165, 1.54) is 0 Å². The molecule has 0 aliphatic heterocycles. The Hall–Kier alpha value is -0.910. The Morgan fingerprint density at radius 2 is 2.25 bits per heavy atom. The molecule has 0 aromatic carbocycles. The predicted molar refractivity (Wildman–Crippen MR) is 63.7 cm³/mol. The van der Waals surface area contributed by atoms with Gasteiger partial charge < -0.3 is 9.30 Å². The summed E-state index contributed by atoms with van der Waals surface area (Å²) < 4.78 is 7.47. The van der Waals surface area contributed by atoms with Crippen LogP contribution in [0, 0.1) is 5.92 Å². The van der Waals surface area contributed by atoms with E-state index in [2.05, 4.69) is 24.3 Å². The molecule has 92 valence electrons. The minimum Gasteiger partial charge on any atom is -0.379 e. The van der Waals surface area contributed by atoms with Crippen molar-refractivity contribution in [2.45, 2.75) is 32.4 Å². The minimum atomic E-state index is 0.0751. The predicted octanol–water partition coefficient (Wildman–Crippen LogP) is 0.466. The van der Waals surface area contributed by atoms with Gasteiger partial charge in [-0.3, -0.25) is 11.3 Å². The van der Waals surface area contributed by atoms with Gasteiger partial charge in [-0.25, -0.2) is 4.98 Å². The molecule has 1 heterocycles. The van der Waals surface area contributed by atoms with Crippen molar-refractivity contribution in [1.82, 2.24) is 15.0 Å². The zero-order valence-electron chi connectivity index (χ0n) is 10.5. The lowest BCUT2D eigenvalue weighted by atomic mass is 9.97. The van der Waals surface area contributed by atoms with Crippen molar-refractivity contribution >= 4 is 0 Å². The average Bonchev–Trinajstić information content (AvgIpc) is 2.63. The molecule has 5 nitrogen and oxygen atoms in total. The lowest BCUT2D eigenvalue weighted by Crippen LogP contribution is -2.48. The fraction of sp³-hybridized carbons (Fsp3) is 0.727. The van der Waals surface area contributed by atoms with Crippen LogP contribution < -0.4 is 11.3 Å². The lowest BCUT2D eigenvalue weighted by molar-refractivity contribution is 0.0325. The van der Waals surface area contributed by atoms with Crippen molar-refractivity contribution in [3.63, 3.8) is 0 Å². The van der Waals surface area contributed by atoms with Gasteiger partial charge in [0.05, 0.1) is 12.1 Å². The first-order valence-corrected chi connectivity index (χ1v) is 5.55. The fourth-order valence-corrected chi connectivity index (χ4v) is 1.96. The van der Waals surface area contributed by atoms with Crippen molar-refractivity contribution in [3.05, 3.63) is 18.2 Å². The van der Waals surface area contributed by atoms with Crippen LogP contribution in [0.25, 0.3) is 0 Å². The smallest absolute Gasteiger partial charge is 0.110 e. The number of nitrogens with zero attached hydrogens (tertiary/aromatic N) is 2. The van der Waals surface area contributed by atoms with Gasteiger partial charge in [0.1, 0.15) is 5.82 Å². The Morgan fingerprint density at radius 3 is 2.62 bits per heavy atom. The van der Waals surface area contributed by atoms with Crippen LogP contribution in [0.3, 0.4) is 0 Å². The van der Waals surface area contributed by atoms with Crippen molar-refractivity contribution < 1.29 is 4.74 Å². The molecule has 0 amide bonds. The lowest BCUT2D eigenvalue weighted by Gasteiger charge is -2.28. The summed E-state index contributed by atoms with van der Waals surface area (Å²) in [6.45, 7) is 4.24. The number of nitrogens with two attached hydrogens (primary N) is 1. The number of hydrazine groups is 1. The van der Waals surface area contributed by atoms with Crippen LogP contribution in [0.15, 0.2) is 12.4 Å². The molecule has 0 saturated carbocycles. The quantitative estimate of drug-likeness (QED) is 0.546. The highest BCUT2D eigenvalue weighted by molar-refractivity contribution is 4.96. The van der Waals surface area contributed by atoms with E-state index in [-0.39, 0.29) is 12.1 Å². The monoisotopic (exact) mass is 226 g/mol. The van der Waals surface area contributed by atoms with E-state index in [9.17, 15) is 0 Å². The maximum Gasteiger partial charge on any atom is 0.110 e. The summed E-state index contributed by atoms with van der Waals surface area (Å²) in [5, 5.41) is 0. The summed E-state index contributed by atoms with van der Waals surface area (Å²) in [6.07, 6.45) is 4.57. The molecule has 0 bridgehead atoms. The number of imidazole rings is 1. The van der Waals surface area contributed by atoms with Crippen molar-refractivity contribution in [2.24, 2.45) is 18.8 Å². The Labute approximate surface area is 97.0 Å². The minimum absolute atomic E-state index is 0.0751. The third kappa shape index (κ3) is 3.04. The van der Waals surface area contributed by atoms with E-state index in [1.807, 2.05) is 17.8 Å². The number of nitrogens with one attached hydrogen (secondary N) is 1. The molecule has 1 aromatic heterocycles. The van der Waals surface area contributed by atoms with Gasteiger partial charge in [0.2, 0.25) is 0 Å². The van der Waals surface area contributed by atoms with Crippen LogP contribution in [0.5, 0.6) is 0 Å². The van der Waals surface area contributed by atoms with Gasteiger partial charge >= 0.3 is 0 Å². The number of rotatable bonds is 6. The summed E-state index contributed by atoms with van der Waals surface area (Å²) in [5.41, 5.74) is 2.82. The normalized spacial score (nSPS) is 15.4. The molecule has 1 rings (SSSR count). The van der Waals surface area contributed by atoms with Crippen molar-refractivity contribution in [3.8, 4) is 0 Å². The molecule has 0 saturated heterocycles. The second kappa shape index (κ2) is 5.98. The number of aryl methyl sites for hydroxylation is 1. The summed E-state index contributed by atoms with van der Waals surface area (Å²) in [6, 6.07) is 0.0751. The van der Waals surface area contributed by atoms with Crippen LogP contribution in [0.2, 0.25) is 0 Å². The number of ether oxygens (including phenoxy) is 1. The highest BCUT2D eigenvalue weighted by atomic mass is 16.5. The molecule has 2 atom stereocenters. The van der Waals surface area contributed by atoms with Crippen LogP contribution in [-0.2, 0) is 18.2 Å². The molecule has 0 fully saturated rings. The summed E-state index contributed by atoms with van der Waals surface area (Å²) in [4.78, 5) is 4.29. The Balaban J connectivity index is 2.71. The van der Waals surface area contributed by atoms with E-state index >= 15 is 0 Å². The third-order valence-electron chi connectivity index (χ3n) is 2.86. The molecular formula is C11H22N4O. The molecule has 16 heavy (non-hydrogen) atoms. The van der Waals surface area contributed by atoms with Gasteiger partial charge in [-0.2, -0.15) is 0 Å². The number of aromatic nitrogens is 2. The second-order valence-corrected chi connectivity index (χ2v) is 4.38. The third-order valence-corrected chi connectivity index (χ3v) is 2.86. The molecule has 3 N–H and O–H groups in total. The van der Waals surface area contributed by atoms with E-state index < -0.39 is 0 Å². The summed E-state index contributed by atoms with van der Waals surface area (Å²) >= 11 is 0. The molecule has 0 aliphatic rings. The number of hydrogen-bond acceptors (Lipinski definition) is 4. The average molecular weight is 226 g/mol. The first-order valence-electron chi connectivity index (χ1n) is 5.55. The van der Waals surface area contributed by atoms with Gasteiger partial charge in [0.15, 0.2) is 0 Å². The van der Waals surface area contributed by atoms with Gasteiger partial charge in [0, 0.05) is 33.0 Å². The molecule has 1 aromatic rings. The fourth-order valence-electron chi connectivity index (χ4n) is 1.96. The van der Waals surface area contributed by atoms with Crippen LogP contribution >= 0.6 is 0 Å². The van der Waals surface area contributed by atoms with Gasteiger partial charge in [-0.1, -0.05) is 13.8 Å². The maximum atomic E-state index is 5.59. The topological polar surface area (TPSA) is 65.1 Å². The molecule has 0 aliphatic carbocycles. The Morgan fingerprint density at radius 1 is 1.56 bits per heavy atom. The molecule has 5 heteroatoms. The first kappa shape index (κ1) is 13.2. The van der Waals surface area contributed by atoms with Gasteiger partial charge in [-0.05, 0) is 5.92 Å². The standard InChI is InChI=1S/C11H22N4O/c1-8(2)11(16-4)9(14-12)7-10-13-5-6-15(10)3/h5-6,8-9,11,14H,7,12H2,1-4H3. The molecule has 0 spiro atoms. The zero-order chi connectivity index (χ0) is 12.1. The number of hydrogen-bond donors (Lipinski definition) is 2. The van der Waals surface area contributed by atoms with Crippen LogP contribution in [0.4, 0.5) is 0 Å². The Bertz CT molecular complexity index is 311. The van der Waals surface area contributed by atoms with Gasteiger partial charge in [-0.15, -0.1) is 0 Å². The van der Waals surface area contributed by atoms with Crippen molar-refractivity contribution in [1.29, 1.82) is 0 Å². The Kier molecular flexibility index (Phi) is 4.92. The number of methoxy groups -OCH3 is 1. The van der Waals surface area contributed by atoms with E-state index in [4.69, 9.17) is 10.6 Å². The second-order valence-electron chi connectivity index (χ2n) is 4.38. The van der Waals surface area contributed by atoms with Crippen LogP contribution in [0.1, 0.15) is 19.7 Å². The van der Waals surface area contributed by atoms with E-state index in [1.54, 1.807) is 13.3 Å². The SMILES string of the molecule is COC(C(C)C)C(Cc1nccn1C)NN. The van der Waals surface area contributed by atoms with E-state index in [0.29, 0.717) is 5.92 Å². The molecular weight excluding hydrogens is 204 g/mol. The summed E-state index contributed by atoms with van der Waals surface area (Å²) in [7, 11) is 3.69. The zero-order valence-corrected chi connectivity index (χ0v) is 10.5. The van der Waals surface area contributed by atoms with Gasteiger partial charge in [0.25, 0.3) is 0 Å². The van der Waals surface area contributed by atoms with E-state index in [0.717, 1.165) is 12.2 Å². The summed E-state index contributed by atoms with van der Waals surface area (Å²) in [5.74, 6) is 7.00. The maximum absolute atomic E-state index is 5.59. The molecule has 0 radical (unpaired) electrons.